The van der Waals surface area contributed by atoms with Crippen LogP contribution < -0.4 is 14.8 Å². The first-order chi connectivity index (χ1) is 15.2. The van der Waals surface area contributed by atoms with Gasteiger partial charge >= 0.3 is 0 Å². The fourth-order valence-electron chi connectivity index (χ4n) is 2.89. The van der Waals surface area contributed by atoms with Gasteiger partial charge in [0.15, 0.2) is 0 Å². The zero-order valence-electron chi connectivity index (χ0n) is 17.3. The van der Waals surface area contributed by atoms with E-state index in [0.29, 0.717) is 34.0 Å². The maximum absolute atomic E-state index is 13.3. The van der Waals surface area contributed by atoms with E-state index in [4.69, 9.17) is 16.3 Å². The van der Waals surface area contributed by atoms with E-state index in [0.717, 1.165) is 11.8 Å². The van der Waals surface area contributed by atoms with Crippen LogP contribution in [-0.2, 0) is 23.1 Å². The highest BCUT2D eigenvalue weighted by Crippen LogP contribution is 2.28. The van der Waals surface area contributed by atoms with E-state index in [2.05, 4.69) is 10.0 Å². The molecule has 0 aromatic heterocycles. The van der Waals surface area contributed by atoms with Crippen molar-refractivity contribution in [2.75, 3.05) is 18.1 Å². The summed E-state index contributed by atoms with van der Waals surface area (Å²) in [6.45, 7) is 0.450. The molecule has 0 radical (unpaired) electrons. The van der Waals surface area contributed by atoms with Crippen molar-refractivity contribution < 1.29 is 22.3 Å². The molecular weight excluding hydrogens is 455 g/mol. The molecule has 32 heavy (non-hydrogen) atoms. The summed E-state index contributed by atoms with van der Waals surface area (Å²) < 4.78 is 43.5. The molecule has 168 valence electrons. The first kappa shape index (κ1) is 23.7. The minimum atomic E-state index is -3.23. The van der Waals surface area contributed by atoms with Crippen molar-refractivity contribution in [2.24, 2.45) is 0 Å². The Hall–Kier alpha value is -2.94. The van der Waals surface area contributed by atoms with Crippen molar-refractivity contribution >= 4 is 33.2 Å². The highest BCUT2D eigenvalue weighted by Gasteiger charge is 2.09. The summed E-state index contributed by atoms with van der Waals surface area (Å²) in [4.78, 5) is 12.5. The number of sulfonamides is 1. The minimum Gasteiger partial charge on any atom is -0.487 e. The van der Waals surface area contributed by atoms with Gasteiger partial charge in [0.25, 0.3) is 5.91 Å². The van der Waals surface area contributed by atoms with Crippen LogP contribution in [-0.4, -0.2) is 27.1 Å². The normalized spacial score (nSPS) is 11.2. The van der Waals surface area contributed by atoms with E-state index in [1.165, 1.54) is 12.1 Å². The molecule has 0 atom stereocenters. The van der Waals surface area contributed by atoms with Crippen LogP contribution in [0.1, 0.15) is 21.5 Å². The maximum atomic E-state index is 13.3. The van der Waals surface area contributed by atoms with Gasteiger partial charge in [-0.2, -0.15) is 0 Å². The number of carbonyl (C=O) groups excluding carboxylic acids is 1. The monoisotopic (exact) mass is 476 g/mol. The summed E-state index contributed by atoms with van der Waals surface area (Å²) in [5.41, 5.74) is 2.53. The molecule has 1 amide bonds. The van der Waals surface area contributed by atoms with Crippen molar-refractivity contribution in [1.82, 2.24) is 4.72 Å². The zero-order valence-corrected chi connectivity index (χ0v) is 18.8. The Balaban J connectivity index is 1.56. The SMILES string of the molecule is CS(=O)(=O)NCCc1ccc(C(=O)Nc2ccc(OCc3cccc(F)c3)c(Cl)c2)cc1. The van der Waals surface area contributed by atoms with Gasteiger partial charge in [-0.25, -0.2) is 17.5 Å². The highest BCUT2D eigenvalue weighted by atomic mass is 35.5. The standard InChI is InChI=1S/C23H22ClFN2O4S/c1-32(29,30)26-12-11-16-5-7-18(8-6-16)23(28)27-20-9-10-22(21(24)14-20)31-15-17-3-2-4-19(25)13-17/h2-10,13-14,26H,11-12,15H2,1H3,(H,27,28). The third-order valence-electron chi connectivity index (χ3n) is 4.47. The van der Waals surface area contributed by atoms with Crippen molar-refractivity contribution in [1.29, 1.82) is 0 Å². The summed E-state index contributed by atoms with van der Waals surface area (Å²) in [5.74, 6) is -0.231. The second kappa shape index (κ2) is 10.6. The first-order valence-electron chi connectivity index (χ1n) is 9.71. The highest BCUT2D eigenvalue weighted by molar-refractivity contribution is 7.88. The molecule has 0 saturated carbocycles. The van der Waals surface area contributed by atoms with Crippen LogP contribution in [0.4, 0.5) is 10.1 Å². The van der Waals surface area contributed by atoms with Crippen LogP contribution in [0.3, 0.4) is 0 Å². The molecule has 9 heteroatoms. The molecular formula is C23H22ClFN2O4S. The third-order valence-corrected chi connectivity index (χ3v) is 5.49. The molecule has 6 nitrogen and oxygen atoms in total. The Labute approximate surface area is 191 Å². The molecule has 0 aliphatic heterocycles. The lowest BCUT2D eigenvalue weighted by Crippen LogP contribution is -2.24. The van der Waals surface area contributed by atoms with Gasteiger partial charge in [0.05, 0.1) is 11.3 Å². The predicted molar refractivity (Wildman–Crippen MR) is 123 cm³/mol. The number of hydrogen-bond acceptors (Lipinski definition) is 4. The lowest BCUT2D eigenvalue weighted by Gasteiger charge is -2.11. The van der Waals surface area contributed by atoms with Crippen molar-refractivity contribution in [3.05, 3.63) is 94.3 Å². The minimum absolute atomic E-state index is 0.162. The number of halogens is 2. The van der Waals surface area contributed by atoms with Gasteiger partial charge in [0, 0.05) is 17.8 Å². The lowest BCUT2D eigenvalue weighted by molar-refractivity contribution is 0.102. The van der Waals surface area contributed by atoms with Gasteiger partial charge in [-0.1, -0.05) is 35.9 Å². The van der Waals surface area contributed by atoms with Crippen molar-refractivity contribution in [3.8, 4) is 5.75 Å². The molecule has 0 bridgehead atoms. The topological polar surface area (TPSA) is 84.5 Å². The molecule has 3 aromatic carbocycles. The molecule has 3 aromatic rings. The summed E-state index contributed by atoms with van der Waals surface area (Å²) in [6, 6.07) is 17.9. The van der Waals surface area contributed by atoms with E-state index < -0.39 is 10.0 Å². The molecule has 3 rings (SSSR count). The number of carbonyl (C=O) groups is 1. The van der Waals surface area contributed by atoms with E-state index in [1.807, 2.05) is 0 Å². The fourth-order valence-corrected chi connectivity index (χ4v) is 3.60. The number of benzene rings is 3. The number of rotatable bonds is 9. The average Bonchev–Trinajstić information content (AvgIpc) is 2.73. The first-order valence-corrected chi connectivity index (χ1v) is 12.0. The Kier molecular flexibility index (Phi) is 7.84. The smallest absolute Gasteiger partial charge is 0.255 e. The number of ether oxygens (including phenoxy) is 1. The molecule has 0 fully saturated rings. The summed E-state index contributed by atoms with van der Waals surface area (Å²) in [7, 11) is -3.23. The molecule has 0 unspecified atom stereocenters. The van der Waals surface area contributed by atoms with Gasteiger partial charge in [-0.15, -0.1) is 0 Å². The largest absolute Gasteiger partial charge is 0.487 e. The number of amides is 1. The van der Waals surface area contributed by atoms with Crippen LogP contribution in [0.5, 0.6) is 5.75 Å². The van der Waals surface area contributed by atoms with Gasteiger partial charge in [0.1, 0.15) is 18.2 Å². The van der Waals surface area contributed by atoms with E-state index >= 15 is 0 Å². The predicted octanol–water partition coefficient (Wildman–Crippen LogP) is 4.40. The Morgan fingerprint density at radius 2 is 1.78 bits per heavy atom. The molecule has 0 aliphatic carbocycles. The Morgan fingerprint density at radius 3 is 2.44 bits per heavy atom. The van der Waals surface area contributed by atoms with E-state index in [9.17, 15) is 17.6 Å². The third kappa shape index (κ3) is 7.33. The van der Waals surface area contributed by atoms with Crippen LogP contribution in [0, 0.1) is 5.82 Å². The van der Waals surface area contributed by atoms with Gasteiger partial charge in [0.2, 0.25) is 10.0 Å². The van der Waals surface area contributed by atoms with Crippen LogP contribution in [0.2, 0.25) is 5.02 Å². The number of anilines is 1. The average molecular weight is 477 g/mol. The maximum Gasteiger partial charge on any atom is 0.255 e. The fraction of sp³-hybridized carbons (Fsp3) is 0.174. The van der Waals surface area contributed by atoms with E-state index in [1.54, 1.807) is 54.6 Å². The number of hydrogen-bond donors (Lipinski definition) is 2. The summed E-state index contributed by atoms with van der Waals surface area (Å²) >= 11 is 6.26. The summed E-state index contributed by atoms with van der Waals surface area (Å²) in [6.07, 6.45) is 1.62. The van der Waals surface area contributed by atoms with Gasteiger partial charge < -0.3 is 10.1 Å². The van der Waals surface area contributed by atoms with Crippen LogP contribution in [0.25, 0.3) is 0 Å². The molecule has 0 aliphatic rings. The van der Waals surface area contributed by atoms with E-state index in [-0.39, 0.29) is 24.9 Å². The van der Waals surface area contributed by atoms with Crippen LogP contribution >= 0.6 is 11.6 Å². The second-order valence-electron chi connectivity index (χ2n) is 7.13. The Bertz CT molecular complexity index is 1200. The molecule has 0 heterocycles. The van der Waals surface area contributed by atoms with Gasteiger partial charge in [-0.05, 0) is 60.0 Å². The van der Waals surface area contributed by atoms with Gasteiger partial charge in [-0.3, -0.25) is 4.79 Å². The quantitative estimate of drug-likeness (QED) is 0.479. The lowest BCUT2D eigenvalue weighted by atomic mass is 10.1. The molecule has 2 N–H and O–H groups in total. The molecule has 0 saturated heterocycles. The second-order valence-corrected chi connectivity index (χ2v) is 9.37. The van der Waals surface area contributed by atoms with Crippen LogP contribution in [0.15, 0.2) is 66.7 Å². The summed E-state index contributed by atoms with van der Waals surface area (Å²) in [5, 5.41) is 3.08. The molecule has 0 spiro atoms. The number of nitrogens with one attached hydrogen (secondary N) is 2. The Morgan fingerprint density at radius 1 is 1.03 bits per heavy atom. The zero-order chi connectivity index (χ0) is 23.1. The van der Waals surface area contributed by atoms with Crippen molar-refractivity contribution in [3.63, 3.8) is 0 Å². The van der Waals surface area contributed by atoms with Crippen molar-refractivity contribution in [2.45, 2.75) is 13.0 Å².